The summed E-state index contributed by atoms with van der Waals surface area (Å²) in [7, 11) is -3.23. The summed E-state index contributed by atoms with van der Waals surface area (Å²) in [6.07, 6.45) is 1.15. The molecule has 2 N–H and O–H groups in total. The molecule has 1 heterocycles. The van der Waals surface area contributed by atoms with Crippen LogP contribution in [0.2, 0.25) is 0 Å². The van der Waals surface area contributed by atoms with Crippen molar-refractivity contribution in [2.45, 2.75) is 4.90 Å². The average molecular weight is 383 g/mol. The van der Waals surface area contributed by atoms with E-state index < -0.39 is 15.8 Å². The van der Waals surface area contributed by atoms with Gasteiger partial charge in [0.1, 0.15) is 5.75 Å². The number of carboxylic acids is 1. The van der Waals surface area contributed by atoms with Crippen molar-refractivity contribution in [1.82, 2.24) is 15.4 Å². The zero-order chi connectivity index (χ0) is 19.4. The normalized spacial score (nSPS) is 10.7. The molecule has 3 rings (SSSR count). The highest BCUT2D eigenvalue weighted by Crippen LogP contribution is 2.21. The van der Waals surface area contributed by atoms with Gasteiger partial charge in [-0.05, 0) is 48.5 Å². The van der Waals surface area contributed by atoms with Gasteiger partial charge in [-0.25, -0.2) is 18.3 Å². The van der Waals surface area contributed by atoms with Crippen LogP contribution in [0.15, 0.2) is 53.4 Å². The first-order valence-electron chi connectivity index (χ1n) is 7.57. The largest absolute Gasteiger partial charge is 0.476 e. The van der Waals surface area contributed by atoms with Crippen LogP contribution >= 0.6 is 0 Å². The van der Waals surface area contributed by atoms with E-state index in [4.69, 9.17) is 9.84 Å². The molecule has 0 radical (unpaired) electrons. The lowest BCUT2D eigenvalue weighted by molar-refractivity contribution is 0.0687. The highest BCUT2D eigenvalue weighted by Gasteiger charge is 2.16. The van der Waals surface area contributed by atoms with E-state index in [-0.39, 0.29) is 16.5 Å². The number of carboxylic acid groups (broad SMARTS) is 1. The number of hydrogen-bond acceptors (Lipinski definition) is 6. The Balaban J connectivity index is 1.72. The highest BCUT2D eigenvalue weighted by molar-refractivity contribution is 7.90. The minimum atomic E-state index is -3.23. The zero-order valence-electron chi connectivity index (χ0n) is 14.0. The Labute approximate surface area is 154 Å². The predicted molar refractivity (Wildman–Crippen MR) is 95.4 cm³/mol. The molecule has 0 aliphatic heterocycles. The minimum absolute atomic E-state index is 0.132. The number of aromatic carboxylic acids is 1. The van der Waals surface area contributed by atoms with Crippen LogP contribution in [0.1, 0.15) is 21.6 Å². The molecular weight excluding hydrogens is 370 g/mol. The SMILES string of the molecule is CS(=O)(=O)c1ccc(C#Cc2ccc(Oc3nn[nH]c3C(=O)O)cc2)cc1. The van der Waals surface area contributed by atoms with Crippen LogP contribution in [0.5, 0.6) is 11.6 Å². The van der Waals surface area contributed by atoms with E-state index in [0.29, 0.717) is 16.9 Å². The first-order chi connectivity index (χ1) is 12.8. The lowest BCUT2D eigenvalue weighted by Gasteiger charge is -2.02. The number of H-pyrrole nitrogens is 1. The van der Waals surface area contributed by atoms with Crippen molar-refractivity contribution >= 4 is 15.8 Å². The number of benzene rings is 2. The summed E-state index contributed by atoms with van der Waals surface area (Å²) >= 11 is 0. The van der Waals surface area contributed by atoms with Gasteiger partial charge >= 0.3 is 5.97 Å². The molecule has 8 nitrogen and oxygen atoms in total. The van der Waals surface area contributed by atoms with Gasteiger partial charge in [-0.2, -0.15) is 0 Å². The summed E-state index contributed by atoms with van der Waals surface area (Å²) in [6.45, 7) is 0. The van der Waals surface area contributed by atoms with E-state index in [2.05, 4.69) is 27.3 Å². The average Bonchev–Trinajstić information content (AvgIpc) is 3.09. The maximum absolute atomic E-state index is 11.4. The van der Waals surface area contributed by atoms with E-state index in [9.17, 15) is 13.2 Å². The van der Waals surface area contributed by atoms with Crippen LogP contribution in [-0.4, -0.2) is 41.2 Å². The molecule has 0 aliphatic carbocycles. The monoisotopic (exact) mass is 383 g/mol. The van der Waals surface area contributed by atoms with Crippen molar-refractivity contribution in [3.05, 3.63) is 65.4 Å². The standard InChI is InChI=1S/C18H13N3O5S/c1-27(24,25)15-10-6-13(7-11-15)3-2-12-4-8-14(9-5-12)26-17-16(18(22)23)19-21-20-17/h4-11H,1H3,(H,22,23)(H,19,20,21). The van der Waals surface area contributed by atoms with Gasteiger partial charge in [-0.15, -0.1) is 0 Å². The van der Waals surface area contributed by atoms with E-state index in [1.165, 1.54) is 12.1 Å². The van der Waals surface area contributed by atoms with Crippen LogP contribution in [0, 0.1) is 11.8 Å². The van der Waals surface area contributed by atoms with Crippen molar-refractivity contribution in [3.63, 3.8) is 0 Å². The van der Waals surface area contributed by atoms with E-state index >= 15 is 0 Å². The summed E-state index contributed by atoms with van der Waals surface area (Å²) in [5, 5.41) is 18.2. The molecule has 27 heavy (non-hydrogen) atoms. The number of sulfone groups is 1. The highest BCUT2D eigenvalue weighted by atomic mass is 32.2. The van der Waals surface area contributed by atoms with E-state index in [0.717, 1.165) is 6.26 Å². The molecule has 0 aliphatic rings. The molecule has 2 aromatic carbocycles. The Bertz CT molecular complexity index is 1140. The van der Waals surface area contributed by atoms with Crippen molar-refractivity contribution in [3.8, 4) is 23.5 Å². The second-order valence-corrected chi connectivity index (χ2v) is 7.49. The van der Waals surface area contributed by atoms with Crippen LogP contribution in [0.4, 0.5) is 0 Å². The van der Waals surface area contributed by atoms with Crippen molar-refractivity contribution in [2.75, 3.05) is 6.26 Å². The first kappa shape index (κ1) is 18.2. The van der Waals surface area contributed by atoms with Crippen molar-refractivity contribution in [2.24, 2.45) is 0 Å². The van der Waals surface area contributed by atoms with Gasteiger partial charge in [0.05, 0.1) is 4.90 Å². The molecular formula is C18H13N3O5S. The number of nitrogens with one attached hydrogen (secondary N) is 1. The fourth-order valence-corrected chi connectivity index (χ4v) is 2.71. The van der Waals surface area contributed by atoms with E-state index in [1.807, 2.05) is 0 Å². The van der Waals surface area contributed by atoms with Crippen LogP contribution < -0.4 is 4.74 Å². The van der Waals surface area contributed by atoms with Gasteiger partial charge in [0.2, 0.25) is 5.69 Å². The maximum atomic E-state index is 11.4. The quantitative estimate of drug-likeness (QED) is 0.662. The summed E-state index contributed by atoms with van der Waals surface area (Å²) in [4.78, 5) is 11.2. The summed E-state index contributed by atoms with van der Waals surface area (Å²) in [5.74, 6) is 4.92. The molecule has 0 atom stereocenters. The van der Waals surface area contributed by atoms with Gasteiger partial charge in [-0.3, -0.25) is 0 Å². The third kappa shape index (κ3) is 4.50. The second kappa shape index (κ2) is 7.31. The minimum Gasteiger partial charge on any atom is -0.476 e. The molecule has 9 heteroatoms. The Hall–Kier alpha value is -3.64. The zero-order valence-corrected chi connectivity index (χ0v) is 14.8. The summed E-state index contributed by atoms with van der Waals surface area (Å²) in [6, 6.07) is 12.9. The topological polar surface area (TPSA) is 122 Å². The maximum Gasteiger partial charge on any atom is 0.359 e. The molecule has 0 saturated carbocycles. The Kier molecular flexibility index (Phi) is 4.92. The molecule has 3 aromatic rings. The lowest BCUT2D eigenvalue weighted by atomic mass is 10.2. The van der Waals surface area contributed by atoms with Crippen LogP contribution in [-0.2, 0) is 9.84 Å². The fourth-order valence-electron chi connectivity index (χ4n) is 2.08. The van der Waals surface area contributed by atoms with Crippen LogP contribution in [0.25, 0.3) is 0 Å². The molecule has 0 saturated heterocycles. The van der Waals surface area contributed by atoms with Gasteiger partial charge in [0.15, 0.2) is 9.84 Å². The molecule has 0 fully saturated rings. The Morgan fingerprint density at radius 2 is 1.59 bits per heavy atom. The van der Waals surface area contributed by atoms with Crippen LogP contribution in [0.3, 0.4) is 0 Å². The Morgan fingerprint density at radius 1 is 1.04 bits per heavy atom. The molecule has 1 aromatic heterocycles. The van der Waals surface area contributed by atoms with Gasteiger partial charge in [-0.1, -0.05) is 22.2 Å². The Morgan fingerprint density at radius 3 is 2.11 bits per heavy atom. The van der Waals surface area contributed by atoms with Crippen molar-refractivity contribution < 1.29 is 23.1 Å². The number of nitrogens with zero attached hydrogens (tertiary/aromatic N) is 2. The predicted octanol–water partition coefficient (Wildman–Crippen LogP) is 2.10. The smallest absolute Gasteiger partial charge is 0.359 e. The number of rotatable bonds is 4. The molecule has 0 bridgehead atoms. The first-order valence-corrected chi connectivity index (χ1v) is 9.46. The molecule has 0 amide bonds. The van der Waals surface area contributed by atoms with Crippen molar-refractivity contribution in [1.29, 1.82) is 0 Å². The van der Waals surface area contributed by atoms with E-state index in [1.54, 1.807) is 36.4 Å². The summed E-state index contributed by atoms with van der Waals surface area (Å²) < 4.78 is 28.3. The number of aromatic amines is 1. The second-order valence-electron chi connectivity index (χ2n) is 5.47. The van der Waals surface area contributed by atoms with Gasteiger partial charge in [0, 0.05) is 17.4 Å². The lowest BCUT2D eigenvalue weighted by Crippen LogP contribution is -1.99. The molecule has 136 valence electrons. The molecule has 0 spiro atoms. The third-order valence-corrected chi connectivity index (χ3v) is 4.56. The number of hydrogen-bond donors (Lipinski definition) is 2. The number of aromatic nitrogens is 3. The van der Waals surface area contributed by atoms with Gasteiger partial charge in [0.25, 0.3) is 5.88 Å². The third-order valence-electron chi connectivity index (χ3n) is 3.43. The molecule has 0 unspecified atom stereocenters. The number of ether oxygens (including phenoxy) is 1. The van der Waals surface area contributed by atoms with Gasteiger partial charge < -0.3 is 9.84 Å². The summed E-state index contributed by atoms with van der Waals surface area (Å²) in [5.41, 5.74) is 1.14. The number of carbonyl (C=O) groups is 1. The fraction of sp³-hybridized carbons (Fsp3) is 0.0556.